The summed E-state index contributed by atoms with van der Waals surface area (Å²) in [6.07, 6.45) is -5.61. The maximum atomic E-state index is 11.7. The summed E-state index contributed by atoms with van der Waals surface area (Å²) < 4.78 is 73.8. The molecule has 0 aliphatic carbocycles. The van der Waals surface area contributed by atoms with Gasteiger partial charge in [0.05, 0.1) is 12.1 Å². The van der Waals surface area contributed by atoms with E-state index in [4.69, 9.17) is 9.29 Å². The number of oxime groups is 1. The molecule has 14 nitrogen and oxygen atoms in total. The Labute approximate surface area is 191 Å². The van der Waals surface area contributed by atoms with E-state index in [1.165, 1.54) is 18.2 Å². The van der Waals surface area contributed by atoms with Crippen LogP contribution in [0.5, 0.6) is 0 Å². The average molecular weight is 529 g/mol. The molecule has 0 amide bonds. The van der Waals surface area contributed by atoms with E-state index in [1.807, 2.05) is 0 Å². The van der Waals surface area contributed by atoms with Crippen molar-refractivity contribution in [2.45, 2.75) is 36.3 Å². The van der Waals surface area contributed by atoms with Crippen LogP contribution < -0.4 is 0 Å². The Morgan fingerprint density at radius 1 is 1.09 bits per heavy atom. The summed E-state index contributed by atoms with van der Waals surface area (Å²) in [6.45, 7) is -0.710. The number of aliphatic hydroxyl groups excluding tert-OH is 4. The highest BCUT2D eigenvalue weighted by molar-refractivity contribution is 8.14. The van der Waals surface area contributed by atoms with E-state index in [9.17, 15) is 41.8 Å². The molecule has 1 aliphatic heterocycles. The Hall–Kier alpha value is -1.80. The van der Waals surface area contributed by atoms with Crippen LogP contribution in [0.25, 0.3) is 10.9 Å². The molecule has 1 saturated heterocycles. The van der Waals surface area contributed by atoms with Crippen LogP contribution in [0.1, 0.15) is 5.56 Å². The summed E-state index contributed by atoms with van der Waals surface area (Å²) in [5.41, 5.74) is -1.06. The van der Waals surface area contributed by atoms with Crippen molar-refractivity contribution in [2.75, 3.05) is 6.61 Å². The Kier molecular flexibility index (Phi) is 7.68. The first-order chi connectivity index (χ1) is 15.3. The van der Waals surface area contributed by atoms with Crippen LogP contribution in [0.3, 0.4) is 0 Å². The number of ether oxygens (including phenoxy) is 1. The zero-order chi connectivity index (χ0) is 24.6. The number of rotatable bonds is 7. The monoisotopic (exact) mass is 528 g/mol. The van der Waals surface area contributed by atoms with E-state index >= 15 is 0 Å². The number of thioether (sulfide) groups is 1. The summed E-state index contributed by atoms with van der Waals surface area (Å²) in [6, 6.07) is 6.03. The summed E-state index contributed by atoms with van der Waals surface area (Å²) >= 11 is 0.533. The number of aromatic nitrogens is 1. The van der Waals surface area contributed by atoms with Crippen LogP contribution >= 0.6 is 11.8 Å². The third-order valence-electron chi connectivity index (χ3n) is 4.68. The fourth-order valence-corrected chi connectivity index (χ4v) is 5.18. The summed E-state index contributed by atoms with van der Waals surface area (Å²) in [5, 5.41) is 42.8. The minimum absolute atomic E-state index is 0.0999. The van der Waals surface area contributed by atoms with Crippen LogP contribution in [-0.4, -0.2) is 91.8 Å². The van der Waals surface area contributed by atoms with Crippen molar-refractivity contribution in [2.24, 2.45) is 5.16 Å². The Bertz CT molecular complexity index is 1240. The molecule has 5 atom stereocenters. The molecule has 1 aromatic heterocycles. The molecule has 2 heterocycles. The zero-order valence-corrected chi connectivity index (χ0v) is 18.9. The minimum atomic E-state index is -5.04. The Balaban J connectivity index is 1.98. The molecule has 1 aliphatic rings. The standard InChI is InChI=1S/C16H20N2O12S3/c19-7-11-13(20)14(21)15(22)16(29-11)31-12(17-30-33(26,27)28)5-8-6-18(32(23,24)25)10-4-2-1-3-9(8)10/h1-4,6,11,13-16,19-22H,5,7H2,(H,23,24,25)(H,26,27,28)/b17-12-/t11-,13-,14-,15-,16+/m1/s1. The van der Waals surface area contributed by atoms with E-state index in [0.29, 0.717) is 21.1 Å². The highest BCUT2D eigenvalue weighted by Gasteiger charge is 2.44. The van der Waals surface area contributed by atoms with Gasteiger partial charge in [-0.1, -0.05) is 35.1 Å². The van der Waals surface area contributed by atoms with E-state index < -0.39 is 57.2 Å². The molecular weight excluding hydrogens is 508 g/mol. The summed E-state index contributed by atoms with van der Waals surface area (Å²) in [7, 11) is -9.73. The molecule has 184 valence electrons. The van der Waals surface area contributed by atoms with Gasteiger partial charge >= 0.3 is 20.7 Å². The lowest BCUT2D eigenvalue weighted by Gasteiger charge is -2.39. The Morgan fingerprint density at radius 3 is 2.36 bits per heavy atom. The lowest BCUT2D eigenvalue weighted by atomic mass is 10.0. The van der Waals surface area contributed by atoms with Crippen LogP contribution in [0.4, 0.5) is 0 Å². The second kappa shape index (κ2) is 9.82. The molecular formula is C16H20N2O12S3. The first-order valence-electron chi connectivity index (χ1n) is 9.09. The van der Waals surface area contributed by atoms with Gasteiger partial charge in [0.25, 0.3) is 0 Å². The second-order valence-corrected chi connectivity index (χ2v) is 10.4. The number of hydrogen-bond acceptors (Lipinski definition) is 12. The third-order valence-corrected chi connectivity index (χ3v) is 6.86. The van der Waals surface area contributed by atoms with E-state index in [-0.39, 0.29) is 22.5 Å². The normalized spacial score (nSPS) is 27.1. The van der Waals surface area contributed by atoms with Crippen LogP contribution in [0, 0.1) is 0 Å². The summed E-state index contributed by atoms with van der Waals surface area (Å²) in [4.78, 5) is 0. The molecule has 1 fully saturated rings. The lowest BCUT2D eigenvalue weighted by molar-refractivity contribution is -0.205. The highest BCUT2D eigenvalue weighted by Crippen LogP contribution is 2.32. The molecule has 0 saturated carbocycles. The predicted octanol–water partition coefficient (Wildman–Crippen LogP) is -1.50. The van der Waals surface area contributed by atoms with Crippen molar-refractivity contribution in [1.82, 2.24) is 3.97 Å². The topological polar surface area (TPSA) is 225 Å². The van der Waals surface area contributed by atoms with E-state index in [2.05, 4.69) is 9.44 Å². The molecule has 6 N–H and O–H groups in total. The number of para-hydroxylation sites is 1. The van der Waals surface area contributed by atoms with Gasteiger partial charge in [0, 0.05) is 18.0 Å². The number of nitrogens with zero attached hydrogens (tertiary/aromatic N) is 2. The first-order valence-corrected chi connectivity index (χ1v) is 12.7. The third kappa shape index (κ3) is 6.01. The summed E-state index contributed by atoms with van der Waals surface area (Å²) in [5.74, 6) is 0. The van der Waals surface area contributed by atoms with Gasteiger partial charge in [-0.05, 0) is 11.6 Å². The van der Waals surface area contributed by atoms with Crippen LogP contribution in [0.2, 0.25) is 0 Å². The van der Waals surface area contributed by atoms with Crippen LogP contribution in [-0.2, 0) is 36.1 Å². The van der Waals surface area contributed by atoms with Gasteiger partial charge in [-0.25, -0.2) is 8.26 Å². The Morgan fingerprint density at radius 2 is 1.76 bits per heavy atom. The van der Waals surface area contributed by atoms with Gasteiger partial charge in [0.1, 0.15) is 34.9 Å². The van der Waals surface area contributed by atoms with Gasteiger partial charge in [0.2, 0.25) is 0 Å². The van der Waals surface area contributed by atoms with Gasteiger partial charge in [-0.3, -0.25) is 9.11 Å². The highest BCUT2D eigenvalue weighted by atomic mass is 32.3. The van der Waals surface area contributed by atoms with Crippen molar-refractivity contribution in [3.05, 3.63) is 36.0 Å². The average Bonchev–Trinajstić information content (AvgIpc) is 3.11. The van der Waals surface area contributed by atoms with Gasteiger partial charge < -0.3 is 25.2 Å². The first kappa shape index (κ1) is 25.8. The van der Waals surface area contributed by atoms with E-state index in [0.717, 1.165) is 6.20 Å². The number of fused-ring (bicyclic) bond motifs is 1. The quantitative estimate of drug-likeness (QED) is 0.104. The van der Waals surface area contributed by atoms with Gasteiger partial charge in [-0.2, -0.15) is 16.8 Å². The number of hydrogen-bond donors (Lipinski definition) is 6. The SMILES string of the molecule is O=S(=O)(O)O/N=C(/Cc1cn(S(=O)(=O)O)c2ccccc12)S[C@@H]1O[C@H](CO)[C@@H](O)[C@@H](O)[C@H]1O. The van der Waals surface area contributed by atoms with Crippen molar-refractivity contribution in [1.29, 1.82) is 0 Å². The molecule has 2 aromatic rings. The molecule has 0 unspecified atom stereocenters. The lowest BCUT2D eigenvalue weighted by Crippen LogP contribution is -2.57. The van der Waals surface area contributed by atoms with Crippen molar-refractivity contribution >= 4 is 48.4 Å². The molecule has 1 aromatic carbocycles. The molecule has 33 heavy (non-hydrogen) atoms. The van der Waals surface area contributed by atoms with Crippen LogP contribution in [0.15, 0.2) is 35.6 Å². The van der Waals surface area contributed by atoms with Crippen molar-refractivity contribution in [3.63, 3.8) is 0 Å². The van der Waals surface area contributed by atoms with Gasteiger partial charge in [-0.15, -0.1) is 0 Å². The molecule has 0 radical (unpaired) electrons. The van der Waals surface area contributed by atoms with Gasteiger partial charge in [0.15, 0.2) is 0 Å². The minimum Gasteiger partial charge on any atom is -0.394 e. The maximum Gasteiger partial charge on any atom is 0.466 e. The van der Waals surface area contributed by atoms with Crippen molar-refractivity contribution < 1.29 is 55.4 Å². The fraction of sp³-hybridized carbons (Fsp3) is 0.438. The predicted molar refractivity (Wildman–Crippen MR) is 114 cm³/mol. The van der Waals surface area contributed by atoms with Crippen molar-refractivity contribution in [3.8, 4) is 0 Å². The molecule has 0 spiro atoms. The molecule has 3 rings (SSSR count). The second-order valence-electron chi connectivity index (χ2n) is 6.92. The smallest absolute Gasteiger partial charge is 0.394 e. The zero-order valence-electron chi connectivity index (χ0n) is 16.4. The number of aliphatic hydroxyl groups is 4. The fourth-order valence-electron chi connectivity index (χ4n) is 3.20. The maximum absolute atomic E-state index is 11.7. The van der Waals surface area contributed by atoms with E-state index in [1.54, 1.807) is 6.07 Å². The molecule has 0 bridgehead atoms. The molecule has 17 heteroatoms. The largest absolute Gasteiger partial charge is 0.466 e. The number of benzene rings is 1.